The van der Waals surface area contributed by atoms with Gasteiger partial charge in [-0.25, -0.2) is 0 Å². The fourth-order valence-corrected chi connectivity index (χ4v) is 2.58. The predicted octanol–water partition coefficient (Wildman–Crippen LogP) is 7.17. The lowest BCUT2D eigenvalue weighted by molar-refractivity contribution is 1.39. The van der Waals surface area contributed by atoms with Crippen molar-refractivity contribution >= 4 is 11.1 Å². The molecule has 2 rings (SSSR count). The number of hydrogen-bond acceptors (Lipinski definition) is 0. The molecule has 0 aromatic heterocycles. The molecule has 0 heterocycles. The van der Waals surface area contributed by atoms with Crippen molar-refractivity contribution < 1.29 is 0 Å². The number of hydrogen-bond donors (Lipinski definition) is 0. The average Bonchev–Trinajstić information content (AvgIpc) is 2.65. The smallest absolute Gasteiger partial charge is 0.0162 e. The van der Waals surface area contributed by atoms with Crippen LogP contribution in [-0.4, -0.2) is 0 Å². The van der Waals surface area contributed by atoms with Gasteiger partial charge in [-0.2, -0.15) is 0 Å². The summed E-state index contributed by atoms with van der Waals surface area (Å²) in [6.45, 7) is 8.00. The number of allylic oxidation sites excluding steroid dienone is 9. The van der Waals surface area contributed by atoms with Crippen LogP contribution in [0.3, 0.4) is 0 Å². The van der Waals surface area contributed by atoms with Gasteiger partial charge < -0.3 is 0 Å². The molecule has 0 radical (unpaired) electrons. The summed E-state index contributed by atoms with van der Waals surface area (Å²) in [5.74, 6) is 0. The van der Waals surface area contributed by atoms with Crippen LogP contribution in [0.1, 0.15) is 30.0 Å². The summed E-state index contributed by atoms with van der Waals surface area (Å²) in [4.78, 5) is 0. The van der Waals surface area contributed by atoms with Crippen LogP contribution in [0.4, 0.5) is 0 Å². The molecule has 0 spiro atoms. The van der Waals surface area contributed by atoms with E-state index >= 15 is 0 Å². The molecule has 0 unspecified atom stereocenters. The first-order valence-electron chi connectivity index (χ1n) is 8.69. The van der Waals surface area contributed by atoms with Crippen molar-refractivity contribution in [3.8, 4) is 0 Å². The quantitative estimate of drug-likeness (QED) is 0.473. The van der Waals surface area contributed by atoms with Crippen LogP contribution < -0.4 is 0 Å². The van der Waals surface area contributed by atoms with Crippen molar-refractivity contribution in [2.45, 2.75) is 20.3 Å². The Morgan fingerprint density at radius 3 is 2.04 bits per heavy atom. The van der Waals surface area contributed by atoms with E-state index in [9.17, 15) is 0 Å². The fourth-order valence-electron chi connectivity index (χ4n) is 2.58. The van der Waals surface area contributed by atoms with Crippen molar-refractivity contribution in [3.63, 3.8) is 0 Å². The van der Waals surface area contributed by atoms with Crippen LogP contribution >= 0.6 is 0 Å². The summed E-state index contributed by atoms with van der Waals surface area (Å²) in [5, 5.41) is 0. The summed E-state index contributed by atoms with van der Waals surface area (Å²) in [6.07, 6.45) is 15.6. The fraction of sp³-hybridized carbons (Fsp3) is 0.120. The minimum absolute atomic E-state index is 0.893. The molecular formula is C25H26. The van der Waals surface area contributed by atoms with Crippen LogP contribution in [0.15, 0.2) is 104 Å². The van der Waals surface area contributed by atoms with E-state index in [0.717, 1.165) is 6.42 Å². The van der Waals surface area contributed by atoms with E-state index in [1.807, 2.05) is 18.2 Å². The topological polar surface area (TPSA) is 0 Å². The highest BCUT2D eigenvalue weighted by molar-refractivity contribution is 5.75. The average molecular weight is 326 g/mol. The second-order valence-corrected chi connectivity index (χ2v) is 5.87. The van der Waals surface area contributed by atoms with Crippen molar-refractivity contribution in [2.24, 2.45) is 0 Å². The summed E-state index contributed by atoms with van der Waals surface area (Å²) < 4.78 is 0. The van der Waals surface area contributed by atoms with Crippen LogP contribution in [0.2, 0.25) is 0 Å². The maximum absolute atomic E-state index is 3.82. The first-order chi connectivity index (χ1) is 12.2. The van der Waals surface area contributed by atoms with Crippen molar-refractivity contribution in [2.75, 3.05) is 0 Å². The molecule has 0 amide bonds. The first kappa shape index (κ1) is 18.5. The van der Waals surface area contributed by atoms with E-state index in [-0.39, 0.29) is 0 Å². The lowest BCUT2D eigenvalue weighted by atomic mass is 10.0. The zero-order valence-corrected chi connectivity index (χ0v) is 15.2. The maximum atomic E-state index is 3.82. The zero-order valence-electron chi connectivity index (χ0n) is 15.2. The minimum atomic E-state index is 0.893. The third-order valence-electron chi connectivity index (χ3n) is 3.97. The molecule has 0 aliphatic carbocycles. The van der Waals surface area contributed by atoms with Crippen LogP contribution in [0, 0.1) is 6.92 Å². The lowest BCUT2D eigenvalue weighted by Crippen LogP contribution is -1.81. The summed E-state index contributed by atoms with van der Waals surface area (Å²) in [6, 6.07) is 19.0. The zero-order chi connectivity index (χ0) is 17.9. The van der Waals surface area contributed by atoms with Gasteiger partial charge in [0.15, 0.2) is 0 Å². The lowest BCUT2D eigenvalue weighted by Gasteiger charge is -2.03. The van der Waals surface area contributed by atoms with E-state index in [2.05, 4.69) is 99.3 Å². The largest absolute Gasteiger partial charge is 0.0990 e. The Balaban J connectivity index is 2.02. The molecule has 0 N–H and O–H groups in total. The molecule has 0 heteroatoms. The van der Waals surface area contributed by atoms with Gasteiger partial charge in [0.05, 0.1) is 0 Å². The van der Waals surface area contributed by atoms with Gasteiger partial charge in [-0.05, 0) is 42.5 Å². The highest BCUT2D eigenvalue weighted by Crippen LogP contribution is 2.18. The Morgan fingerprint density at radius 2 is 1.44 bits per heavy atom. The second-order valence-electron chi connectivity index (χ2n) is 5.87. The molecule has 0 aliphatic heterocycles. The normalized spacial score (nSPS) is 12.9. The molecule has 25 heavy (non-hydrogen) atoms. The van der Waals surface area contributed by atoms with Gasteiger partial charge in [0.2, 0.25) is 0 Å². The number of rotatable bonds is 7. The van der Waals surface area contributed by atoms with Crippen molar-refractivity contribution in [1.29, 1.82) is 0 Å². The number of aryl methyl sites for hydroxylation is 1. The molecule has 0 saturated heterocycles. The molecule has 0 aliphatic rings. The van der Waals surface area contributed by atoms with Gasteiger partial charge >= 0.3 is 0 Å². The van der Waals surface area contributed by atoms with Crippen LogP contribution in [-0.2, 0) is 0 Å². The molecule has 0 bridgehead atoms. The van der Waals surface area contributed by atoms with E-state index < -0.39 is 0 Å². The van der Waals surface area contributed by atoms with Crippen molar-refractivity contribution in [1.82, 2.24) is 0 Å². The molecule has 2 aromatic rings. The van der Waals surface area contributed by atoms with Gasteiger partial charge in [-0.1, -0.05) is 109 Å². The van der Waals surface area contributed by atoms with Gasteiger partial charge in [0.1, 0.15) is 0 Å². The molecule has 0 saturated carbocycles. The molecule has 0 nitrogen and oxygen atoms in total. The second kappa shape index (κ2) is 10.1. The minimum Gasteiger partial charge on any atom is -0.0990 e. The Hall–Kier alpha value is -2.86. The molecule has 0 fully saturated rings. The highest BCUT2D eigenvalue weighted by atomic mass is 14.0. The van der Waals surface area contributed by atoms with Gasteiger partial charge in [0.25, 0.3) is 0 Å². The summed E-state index contributed by atoms with van der Waals surface area (Å²) in [5.41, 5.74) is 6.15. The third-order valence-corrected chi connectivity index (χ3v) is 3.97. The van der Waals surface area contributed by atoms with Gasteiger partial charge in [-0.3, -0.25) is 0 Å². The first-order valence-corrected chi connectivity index (χ1v) is 8.69. The standard InChI is InChI=1S/C25H26/c1-4-12-23(25-19-17-21(3)18-20-25)14-9-6-8-13-22(5-2)24-15-10-7-11-16-24/h4-5,7-20H,1,6H2,2-3H3/b13-8-,14-9-,22-5+,23-12+. The maximum Gasteiger partial charge on any atom is -0.0162 e. The SMILES string of the molecule is C=C/C=C(\C=C/C/C=C\C(=C/C)c1ccccc1)c1ccc(C)cc1. The van der Waals surface area contributed by atoms with Crippen LogP contribution in [0.5, 0.6) is 0 Å². The van der Waals surface area contributed by atoms with E-state index in [1.54, 1.807) is 0 Å². The van der Waals surface area contributed by atoms with Gasteiger partial charge in [0, 0.05) is 0 Å². The van der Waals surface area contributed by atoms with E-state index in [0.29, 0.717) is 0 Å². The van der Waals surface area contributed by atoms with Crippen molar-refractivity contribution in [3.05, 3.63) is 120 Å². The Bertz CT molecular complexity index is 782. The Kier molecular flexibility index (Phi) is 7.46. The third kappa shape index (κ3) is 5.93. The highest BCUT2D eigenvalue weighted by Gasteiger charge is 1.96. The van der Waals surface area contributed by atoms with Crippen LogP contribution in [0.25, 0.3) is 11.1 Å². The Morgan fingerprint density at radius 1 is 0.840 bits per heavy atom. The molecule has 2 aromatic carbocycles. The monoisotopic (exact) mass is 326 g/mol. The van der Waals surface area contributed by atoms with E-state index in [4.69, 9.17) is 0 Å². The predicted molar refractivity (Wildman–Crippen MR) is 112 cm³/mol. The molecule has 126 valence electrons. The number of benzene rings is 2. The summed E-state index contributed by atoms with van der Waals surface area (Å²) >= 11 is 0. The molecule has 0 atom stereocenters. The molecular weight excluding hydrogens is 300 g/mol. The van der Waals surface area contributed by atoms with Gasteiger partial charge in [-0.15, -0.1) is 0 Å². The Labute approximate surface area is 152 Å². The summed E-state index contributed by atoms with van der Waals surface area (Å²) in [7, 11) is 0. The van der Waals surface area contributed by atoms with E-state index in [1.165, 1.54) is 27.8 Å².